The Kier molecular flexibility index (Phi) is 6.49. The maximum atomic E-state index is 13.3. The van der Waals surface area contributed by atoms with E-state index in [-0.39, 0.29) is 16.3 Å². The first-order valence-corrected chi connectivity index (χ1v) is 11.4. The summed E-state index contributed by atoms with van der Waals surface area (Å²) in [6.45, 7) is 4.10. The van der Waals surface area contributed by atoms with Crippen LogP contribution in [0.2, 0.25) is 5.02 Å². The smallest absolute Gasteiger partial charge is 0.273 e. The van der Waals surface area contributed by atoms with Gasteiger partial charge in [-0.3, -0.25) is 14.9 Å². The van der Waals surface area contributed by atoms with Gasteiger partial charge in [-0.05, 0) is 67.3 Å². The number of amides is 4. The number of hydrogen-bond acceptors (Lipinski definition) is 3. The number of nitrogens with zero attached hydrogens (tertiary/aromatic N) is 1. The molecule has 0 aliphatic carbocycles. The first-order valence-electron chi connectivity index (χ1n) is 10.2. The lowest BCUT2D eigenvalue weighted by atomic mass is 9.95. The van der Waals surface area contributed by atoms with Crippen molar-refractivity contribution in [2.24, 2.45) is 0 Å². The van der Waals surface area contributed by atoms with Crippen LogP contribution >= 0.6 is 27.5 Å². The second kappa shape index (κ2) is 9.33. The van der Waals surface area contributed by atoms with Crippen LogP contribution in [0, 0.1) is 13.8 Å². The van der Waals surface area contributed by atoms with Crippen molar-refractivity contribution in [2.75, 3.05) is 4.90 Å². The van der Waals surface area contributed by atoms with Gasteiger partial charge in [-0.25, -0.2) is 9.69 Å². The van der Waals surface area contributed by atoms with E-state index in [1.807, 2.05) is 32.0 Å². The summed E-state index contributed by atoms with van der Waals surface area (Å²) in [7, 11) is 0. The highest BCUT2D eigenvalue weighted by molar-refractivity contribution is 9.10. The van der Waals surface area contributed by atoms with Crippen molar-refractivity contribution in [1.82, 2.24) is 5.32 Å². The van der Waals surface area contributed by atoms with E-state index in [9.17, 15) is 14.4 Å². The summed E-state index contributed by atoms with van der Waals surface area (Å²) >= 11 is 9.68. The van der Waals surface area contributed by atoms with Gasteiger partial charge in [0.1, 0.15) is 5.57 Å². The first-order chi connectivity index (χ1) is 15.7. The highest BCUT2D eigenvalue weighted by Gasteiger charge is 2.37. The molecule has 7 heteroatoms. The summed E-state index contributed by atoms with van der Waals surface area (Å²) < 4.78 is 0.807. The van der Waals surface area contributed by atoms with E-state index in [1.54, 1.807) is 24.3 Å². The summed E-state index contributed by atoms with van der Waals surface area (Å²) in [6, 6.07) is 17.7. The number of benzene rings is 3. The minimum atomic E-state index is -0.833. The van der Waals surface area contributed by atoms with Gasteiger partial charge in [-0.2, -0.15) is 0 Å². The van der Waals surface area contributed by atoms with Gasteiger partial charge in [0.15, 0.2) is 0 Å². The number of halogens is 2. The number of imide groups is 2. The van der Waals surface area contributed by atoms with Crippen LogP contribution in [0.4, 0.5) is 10.5 Å². The molecule has 1 N–H and O–H groups in total. The normalized spacial score (nSPS) is 15.2. The molecule has 0 spiro atoms. The molecule has 3 aromatic carbocycles. The van der Waals surface area contributed by atoms with Crippen LogP contribution in [0.3, 0.4) is 0 Å². The monoisotopic (exact) mass is 522 g/mol. The molecule has 1 aliphatic heterocycles. The molecule has 1 heterocycles. The Labute approximate surface area is 205 Å². The second-order valence-corrected chi connectivity index (χ2v) is 9.25. The Morgan fingerprint density at radius 2 is 1.67 bits per heavy atom. The molecule has 0 atom stereocenters. The van der Waals surface area contributed by atoms with Gasteiger partial charge in [0.2, 0.25) is 0 Å². The molecular weight excluding hydrogens is 504 g/mol. The summed E-state index contributed by atoms with van der Waals surface area (Å²) in [4.78, 5) is 39.2. The summed E-state index contributed by atoms with van der Waals surface area (Å²) in [5.74, 6) is -1.47. The Hall–Kier alpha value is -3.22. The number of para-hydroxylation sites is 1. The minimum Gasteiger partial charge on any atom is -0.273 e. The van der Waals surface area contributed by atoms with Crippen molar-refractivity contribution in [1.29, 1.82) is 0 Å². The fraction of sp³-hybridized carbons (Fsp3) is 0.115. The quantitative estimate of drug-likeness (QED) is 0.338. The van der Waals surface area contributed by atoms with E-state index in [1.165, 1.54) is 6.08 Å². The third kappa shape index (κ3) is 4.92. The van der Waals surface area contributed by atoms with Crippen LogP contribution in [0.15, 0.2) is 70.7 Å². The van der Waals surface area contributed by atoms with E-state index in [0.29, 0.717) is 12.0 Å². The number of aryl methyl sites for hydroxylation is 2. The Morgan fingerprint density at radius 1 is 0.970 bits per heavy atom. The molecule has 4 amide bonds. The van der Waals surface area contributed by atoms with Gasteiger partial charge in [0, 0.05) is 4.47 Å². The van der Waals surface area contributed by atoms with Crippen LogP contribution in [0.25, 0.3) is 6.08 Å². The van der Waals surface area contributed by atoms with Gasteiger partial charge in [0.25, 0.3) is 11.8 Å². The van der Waals surface area contributed by atoms with Crippen LogP contribution in [0.5, 0.6) is 0 Å². The van der Waals surface area contributed by atoms with Crippen LogP contribution in [-0.2, 0) is 16.0 Å². The molecule has 3 aromatic rings. The maximum Gasteiger partial charge on any atom is 0.335 e. The first kappa shape index (κ1) is 23.0. The number of carbonyl (C=O) groups excluding carboxylic acids is 3. The zero-order valence-corrected chi connectivity index (χ0v) is 20.3. The topological polar surface area (TPSA) is 66.5 Å². The Bertz CT molecular complexity index is 1310. The molecule has 33 heavy (non-hydrogen) atoms. The molecule has 0 unspecified atom stereocenters. The zero-order chi connectivity index (χ0) is 23.7. The minimum absolute atomic E-state index is 0.144. The number of anilines is 1. The van der Waals surface area contributed by atoms with Crippen molar-refractivity contribution < 1.29 is 14.4 Å². The molecule has 0 bridgehead atoms. The Balaban J connectivity index is 1.76. The fourth-order valence-electron chi connectivity index (χ4n) is 3.92. The number of carbonyl (C=O) groups is 3. The zero-order valence-electron chi connectivity index (χ0n) is 18.0. The van der Waals surface area contributed by atoms with E-state index in [0.717, 1.165) is 31.6 Å². The van der Waals surface area contributed by atoms with Crippen molar-refractivity contribution >= 4 is 57.1 Å². The van der Waals surface area contributed by atoms with E-state index in [4.69, 9.17) is 11.6 Å². The second-order valence-electron chi connectivity index (χ2n) is 7.93. The summed E-state index contributed by atoms with van der Waals surface area (Å²) in [5, 5.41) is 2.47. The summed E-state index contributed by atoms with van der Waals surface area (Å²) in [6.07, 6.45) is 2.15. The van der Waals surface area contributed by atoms with Crippen LogP contribution in [0.1, 0.15) is 27.8 Å². The van der Waals surface area contributed by atoms with Crippen molar-refractivity contribution in [3.05, 3.63) is 104 Å². The molecule has 0 aromatic heterocycles. The average Bonchev–Trinajstić information content (AvgIpc) is 2.73. The number of urea groups is 1. The molecule has 5 nitrogen and oxygen atoms in total. The summed E-state index contributed by atoms with van der Waals surface area (Å²) in [5.41, 5.74) is 5.17. The lowest BCUT2D eigenvalue weighted by Gasteiger charge is -2.27. The van der Waals surface area contributed by atoms with E-state index in [2.05, 4.69) is 39.4 Å². The van der Waals surface area contributed by atoms with Gasteiger partial charge in [-0.1, -0.05) is 75.1 Å². The van der Waals surface area contributed by atoms with Crippen molar-refractivity contribution in [3.8, 4) is 0 Å². The van der Waals surface area contributed by atoms with Gasteiger partial charge in [0.05, 0.1) is 10.7 Å². The molecule has 1 fully saturated rings. The lowest BCUT2D eigenvalue weighted by Crippen LogP contribution is -2.54. The number of nitrogens with one attached hydrogen (secondary N) is 1. The van der Waals surface area contributed by atoms with E-state index >= 15 is 0 Å². The highest BCUT2D eigenvalue weighted by Crippen LogP contribution is 2.30. The third-order valence-electron chi connectivity index (χ3n) is 5.28. The lowest BCUT2D eigenvalue weighted by molar-refractivity contribution is -0.122. The molecule has 166 valence electrons. The largest absolute Gasteiger partial charge is 0.335 e. The fourth-order valence-corrected chi connectivity index (χ4v) is 4.52. The van der Waals surface area contributed by atoms with Gasteiger partial charge >= 0.3 is 6.03 Å². The predicted molar refractivity (Wildman–Crippen MR) is 133 cm³/mol. The molecule has 1 saturated heterocycles. The van der Waals surface area contributed by atoms with Crippen LogP contribution in [-0.4, -0.2) is 17.8 Å². The average molecular weight is 524 g/mol. The van der Waals surface area contributed by atoms with Gasteiger partial charge in [-0.15, -0.1) is 0 Å². The third-order valence-corrected chi connectivity index (χ3v) is 6.09. The number of rotatable bonds is 4. The van der Waals surface area contributed by atoms with E-state index < -0.39 is 17.8 Å². The molecule has 4 rings (SSSR count). The molecule has 0 radical (unpaired) electrons. The number of barbiturate groups is 1. The Morgan fingerprint density at radius 3 is 2.36 bits per heavy atom. The SMILES string of the molecule is Cc1cc(C)cc(Cc2ccc(Br)cc2/C=C2\C(=O)NC(=O)N(c3ccccc3Cl)C2=O)c1. The van der Waals surface area contributed by atoms with Gasteiger partial charge < -0.3 is 0 Å². The number of hydrogen-bond donors (Lipinski definition) is 1. The highest BCUT2D eigenvalue weighted by atomic mass is 79.9. The maximum absolute atomic E-state index is 13.3. The van der Waals surface area contributed by atoms with Crippen molar-refractivity contribution in [2.45, 2.75) is 20.3 Å². The molecule has 0 saturated carbocycles. The molecule has 1 aliphatic rings. The predicted octanol–water partition coefficient (Wildman–Crippen LogP) is 5.98. The standard InChI is InChI=1S/C26H20BrClN2O3/c1-15-9-16(2)11-17(10-15)12-18-7-8-20(27)13-19(18)14-21-24(31)29-26(33)30(25(21)32)23-6-4-3-5-22(23)28/h3-11,13-14H,12H2,1-2H3,(H,29,31,33)/b21-14+. The van der Waals surface area contributed by atoms with Crippen molar-refractivity contribution in [3.63, 3.8) is 0 Å². The van der Waals surface area contributed by atoms with Crippen LogP contribution < -0.4 is 10.2 Å². The molecular formula is C26H20BrClN2O3.